The van der Waals surface area contributed by atoms with E-state index in [1.165, 1.54) is 12.3 Å². The number of furan rings is 1. The van der Waals surface area contributed by atoms with Gasteiger partial charge in [0, 0.05) is 10.6 Å². The Morgan fingerprint density at radius 3 is 2.77 bits per heavy atom. The van der Waals surface area contributed by atoms with Gasteiger partial charge in [0.15, 0.2) is 0 Å². The number of barbiturate groups is 1. The van der Waals surface area contributed by atoms with Gasteiger partial charge in [-0.3, -0.25) is 19.8 Å². The number of imide groups is 2. The van der Waals surface area contributed by atoms with E-state index in [9.17, 15) is 14.4 Å². The third-order valence-corrected chi connectivity index (χ3v) is 3.89. The standard InChI is InChI=1S/C18H15ClN2O5/c1-2-25-15-6-5-12(19)8-11(15)9-14-16(22)20-18(24)21(17(14)23)10-13-4-3-7-26-13/h3-9H,2,10H2,1H3,(H,20,22,24)/b14-9-. The number of ether oxygens (including phenoxy) is 1. The molecule has 0 bridgehead atoms. The summed E-state index contributed by atoms with van der Waals surface area (Å²) in [6.07, 6.45) is 2.79. The third kappa shape index (κ3) is 3.62. The van der Waals surface area contributed by atoms with Crippen molar-refractivity contribution >= 4 is 35.5 Å². The summed E-state index contributed by atoms with van der Waals surface area (Å²) in [7, 11) is 0. The molecule has 0 unspecified atom stereocenters. The van der Waals surface area contributed by atoms with Crippen molar-refractivity contribution in [1.29, 1.82) is 0 Å². The Balaban J connectivity index is 1.96. The SMILES string of the molecule is CCOc1ccc(Cl)cc1/C=C1/C(=O)NC(=O)N(Cc2ccco2)C1=O. The Morgan fingerprint density at radius 1 is 1.27 bits per heavy atom. The van der Waals surface area contributed by atoms with Crippen LogP contribution < -0.4 is 10.1 Å². The van der Waals surface area contributed by atoms with E-state index in [1.54, 1.807) is 30.3 Å². The van der Waals surface area contributed by atoms with E-state index in [0.29, 0.717) is 28.7 Å². The summed E-state index contributed by atoms with van der Waals surface area (Å²) in [5.41, 5.74) is 0.268. The van der Waals surface area contributed by atoms with E-state index in [-0.39, 0.29) is 12.1 Å². The van der Waals surface area contributed by atoms with Gasteiger partial charge in [0.2, 0.25) is 0 Å². The molecule has 134 valence electrons. The van der Waals surface area contributed by atoms with Crippen LogP contribution in [-0.4, -0.2) is 29.4 Å². The molecular weight excluding hydrogens is 360 g/mol. The number of carbonyl (C=O) groups excluding carboxylic acids is 3. The van der Waals surface area contributed by atoms with Crippen LogP contribution in [0.25, 0.3) is 6.08 Å². The van der Waals surface area contributed by atoms with Gasteiger partial charge in [-0.2, -0.15) is 0 Å². The number of nitrogens with one attached hydrogen (secondary N) is 1. The van der Waals surface area contributed by atoms with Crippen molar-refractivity contribution in [2.24, 2.45) is 0 Å². The zero-order chi connectivity index (χ0) is 18.7. The molecule has 4 amide bonds. The van der Waals surface area contributed by atoms with E-state index in [4.69, 9.17) is 20.8 Å². The first-order valence-electron chi connectivity index (χ1n) is 7.83. The monoisotopic (exact) mass is 374 g/mol. The first-order chi connectivity index (χ1) is 12.5. The van der Waals surface area contributed by atoms with Crippen molar-refractivity contribution in [3.8, 4) is 5.75 Å². The number of amides is 4. The molecule has 0 saturated carbocycles. The Morgan fingerprint density at radius 2 is 2.08 bits per heavy atom. The largest absolute Gasteiger partial charge is 0.493 e. The van der Waals surface area contributed by atoms with Crippen LogP contribution in [0.4, 0.5) is 4.79 Å². The molecule has 1 fully saturated rings. The summed E-state index contributed by atoms with van der Waals surface area (Å²) in [4.78, 5) is 37.8. The number of hydrogen-bond donors (Lipinski definition) is 1. The first-order valence-corrected chi connectivity index (χ1v) is 8.21. The maximum Gasteiger partial charge on any atom is 0.331 e. The van der Waals surface area contributed by atoms with Gasteiger partial charge in [-0.1, -0.05) is 11.6 Å². The van der Waals surface area contributed by atoms with Crippen molar-refractivity contribution in [2.45, 2.75) is 13.5 Å². The predicted octanol–water partition coefficient (Wildman–Crippen LogP) is 2.99. The Kier molecular flexibility index (Phi) is 5.09. The molecule has 7 nitrogen and oxygen atoms in total. The fraction of sp³-hybridized carbons (Fsp3) is 0.167. The highest BCUT2D eigenvalue weighted by atomic mass is 35.5. The lowest BCUT2D eigenvalue weighted by atomic mass is 10.1. The lowest BCUT2D eigenvalue weighted by molar-refractivity contribution is -0.130. The van der Waals surface area contributed by atoms with Crippen LogP contribution >= 0.6 is 11.6 Å². The van der Waals surface area contributed by atoms with Gasteiger partial charge in [-0.25, -0.2) is 4.79 Å². The van der Waals surface area contributed by atoms with Crippen molar-refractivity contribution in [1.82, 2.24) is 10.2 Å². The van der Waals surface area contributed by atoms with Crippen LogP contribution in [-0.2, 0) is 16.1 Å². The summed E-state index contributed by atoms with van der Waals surface area (Å²) in [5, 5.41) is 2.58. The number of carbonyl (C=O) groups is 3. The summed E-state index contributed by atoms with van der Waals surface area (Å²) in [5.74, 6) is -0.616. The van der Waals surface area contributed by atoms with Gasteiger partial charge in [0.25, 0.3) is 11.8 Å². The topological polar surface area (TPSA) is 88.8 Å². The minimum atomic E-state index is -0.801. The normalized spacial score (nSPS) is 16.2. The molecule has 26 heavy (non-hydrogen) atoms. The van der Waals surface area contributed by atoms with Crippen LogP contribution in [0.2, 0.25) is 5.02 Å². The lowest BCUT2D eigenvalue weighted by Crippen LogP contribution is -2.53. The van der Waals surface area contributed by atoms with Crippen molar-refractivity contribution in [3.05, 3.63) is 58.5 Å². The van der Waals surface area contributed by atoms with E-state index >= 15 is 0 Å². The first kappa shape index (κ1) is 17.8. The molecule has 0 spiro atoms. The van der Waals surface area contributed by atoms with Gasteiger partial charge in [0.1, 0.15) is 17.1 Å². The molecule has 8 heteroatoms. The quantitative estimate of drug-likeness (QED) is 0.642. The molecule has 2 heterocycles. The fourth-order valence-electron chi connectivity index (χ4n) is 2.47. The van der Waals surface area contributed by atoms with Crippen LogP contribution in [0.5, 0.6) is 5.75 Å². The second kappa shape index (κ2) is 7.45. The van der Waals surface area contributed by atoms with Gasteiger partial charge in [-0.05, 0) is 43.3 Å². The summed E-state index contributed by atoms with van der Waals surface area (Å²) >= 11 is 6.01. The predicted molar refractivity (Wildman–Crippen MR) is 93.4 cm³/mol. The zero-order valence-corrected chi connectivity index (χ0v) is 14.6. The third-order valence-electron chi connectivity index (χ3n) is 3.65. The van der Waals surface area contributed by atoms with Crippen LogP contribution in [0, 0.1) is 0 Å². The minimum Gasteiger partial charge on any atom is -0.493 e. The van der Waals surface area contributed by atoms with Gasteiger partial charge in [0.05, 0.1) is 19.4 Å². The van der Waals surface area contributed by atoms with E-state index in [1.807, 2.05) is 6.92 Å². The molecule has 3 rings (SSSR count). The molecular formula is C18H15ClN2O5. The average Bonchev–Trinajstić information content (AvgIpc) is 3.11. The summed E-state index contributed by atoms with van der Waals surface area (Å²) in [6.45, 7) is 2.13. The van der Waals surface area contributed by atoms with Crippen molar-refractivity contribution < 1.29 is 23.5 Å². The van der Waals surface area contributed by atoms with Crippen molar-refractivity contribution in [3.63, 3.8) is 0 Å². The van der Waals surface area contributed by atoms with Crippen LogP contribution in [0.15, 0.2) is 46.6 Å². The highest BCUT2D eigenvalue weighted by Crippen LogP contribution is 2.27. The van der Waals surface area contributed by atoms with Gasteiger partial charge >= 0.3 is 6.03 Å². The lowest BCUT2D eigenvalue weighted by Gasteiger charge is -2.25. The number of nitrogens with zero attached hydrogens (tertiary/aromatic N) is 1. The zero-order valence-electron chi connectivity index (χ0n) is 13.8. The minimum absolute atomic E-state index is 0.0872. The van der Waals surface area contributed by atoms with E-state index < -0.39 is 17.8 Å². The number of urea groups is 1. The average molecular weight is 375 g/mol. The molecule has 1 N–H and O–H groups in total. The van der Waals surface area contributed by atoms with Crippen molar-refractivity contribution in [2.75, 3.05) is 6.61 Å². The molecule has 1 aliphatic heterocycles. The molecule has 1 aromatic carbocycles. The Labute approximate surface area is 154 Å². The number of hydrogen-bond acceptors (Lipinski definition) is 5. The second-order valence-corrected chi connectivity index (χ2v) is 5.84. The number of halogens is 1. The molecule has 0 atom stereocenters. The van der Waals surface area contributed by atoms with Crippen LogP contribution in [0.1, 0.15) is 18.2 Å². The molecule has 0 radical (unpaired) electrons. The highest BCUT2D eigenvalue weighted by Gasteiger charge is 2.36. The molecule has 1 saturated heterocycles. The summed E-state index contributed by atoms with van der Waals surface area (Å²) < 4.78 is 10.7. The summed E-state index contributed by atoms with van der Waals surface area (Å²) in [6, 6.07) is 7.34. The molecule has 1 aliphatic rings. The fourth-order valence-corrected chi connectivity index (χ4v) is 2.65. The smallest absolute Gasteiger partial charge is 0.331 e. The van der Waals surface area contributed by atoms with E-state index in [2.05, 4.69) is 5.32 Å². The molecule has 1 aromatic heterocycles. The van der Waals surface area contributed by atoms with Gasteiger partial charge < -0.3 is 9.15 Å². The molecule has 2 aromatic rings. The second-order valence-electron chi connectivity index (χ2n) is 5.40. The number of benzene rings is 1. The Bertz CT molecular complexity index is 889. The van der Waals surface area contributed by atoms with Gasteiger partial charge in [-0.15, -0.1) is 0 Å². The maximum atomic E-state index is 12.7. The Hall–Kier alpha value is -3.06. The highest BCUT2D eigenvalue weighted by molar-refractivity contribution is 6.32. The van der Waals surface area contributed by atoms with E-state index in [0.717, 1.165) is 4.90 Å². The van der Waals surface area contributed by atoms with Crippen LogP contribution in [0.3, 0.4) is 0 Å². The number of rotatable bonds is 5. The maximum absolute atomic E-state index is 12.7. The molecule has 0 aliphatic carbocycles.